The standard InChI is InChI=1S/C10H5BrClN3/c11-8-1-2-10(7(3-8)4-13)15-6-9(12)5-14-15/h1-3,5-6H. The molecule has 0 saturated carbocycles. The quantitative estimate of drug-likeness (QED) is 0.806. The summed E-state index contributed by atoms with van der Waals surface area (Å²) in [5.74, 6) is 0. The molecule has 0 amide bonds. The SMILES string of the molecule is N#Cc1cc(Br)ccc1-n1cc(Cl)cn1. The summed E-state index contributed by atoms with van der Waals surface area (Å²) in [4.78, 5) is 0. The Morgan fingerprint density at radius 2 is 2.27 bits per heavy atom. The maximum Gasteiger partial charge on any atom is 0.101 e. The van der Waals surface area contributed by atoms with Gasteiger partial charge in [0.15, 0.2) is 0 Å². The number of nitrogens with zero attached hydrogens (tertiary/aromatic N) is 3. The van der Waals surface area contributed by atoms with Crippen LogP contribution in [0.5, 0.6) is 0 Å². The highest BCUT2D eigenvalue weighted by Gasteiger charge is 2.05. The Morgan fingerprint density at radius 1 is 1.47 bits per heavy atom. The van der Waals surface area contributed by atoms with Gasteiger partial charge in [-0.15, -0.1) is 0 Å². The molecule has 0 radical (unpaired) electrons. The number of rotatable bonds is 1. The van der Waals surface area contributed by atoms with Crippen molar-refractivity contribution in [1.82, 2.24) is 9.78 Å². The number of hydrogen-bond acceptors (Lipinski definition) is 2. The molecule has 2 rings (SSSR count). The Bertz CT molecular complexity index is 542. The Hall–Kier alpha value is -1.31. The molecule has 74 valence electrons. The van der Waals surface area contributed by atoms with E-state index < -0.39 is 0 Å². The summed E-state index contributed by atoms with van der Waals surface area (Å²) >= 11 is 9.07. The third-order valence-electron chi connectivity index (χ3n) is 1.88. The van der Waals surface area contributed by atoms with Gasteiger partial charge in [0.05, 0.1) is 22.5 Å². The van der Waals surface area contributed by atoms with Gasteiger partial charge in [0.1, 0.15) is 6.07 Å². The normalized spacial score (nSPS) is 9.93. The first-order valence-electron chi connectivity index (χ1n) is 4.11. The van der Waals surface area contributed by atoms with Gasteiger partial charge in [-0.05, 0) is 18.2 Å². The lowest BCUT2D eigenvalue weighted by Crippen LogP contribution is -1.97. The van der Waals surface area contributed by atoms with Gasteiger partial charge >= 0.3 is 0 Å². The van der Waals surface area contributed by atoms with E-state index >= 15 is 0 Å². The number of halogens is 2. The molecule has 1 aromatic heterocycles. The van der Waals surface area contributed by atoms with Crippen LogP contribution in [0.4, 0.5) is 0 Å². The first-order chi connectivity index (χ1) is 7.20. The molecule has 0 saturated heterocycles. The first-order valence-corrected chi connectivity index (χ1v) is 5.28. The first kappa shape index (κ1) is 10.2. The second-order valence-corrected chi connectivity index (χ2v) is 4.23. The smallest absolute Gasteiger partial charge is 0.101 e. The van der Waals surface area contributed by atoms with Gasteiger partial charge in [0.25, 0.3) is 0 Å². The molecular weight excluding hydrogens is 277 g/mol. The maximum absolute atomic E-state index is 8.97. The number of aromatic nitrogens is 2. The van der Waals surface area contributed by atoms with Crippen LogP contribution in [0.15, 0.2) is 35.1 Å². The molecule has 2 aromatic rings. The lowest BCUT2D eigenvalue weighted by Gasteiger charge is -2.03. The average Bonchev–Trinajstić information content (AvgIpc) is 2.64. The highest BCUT2D eigenvalue weighted by molar-refractivity contribution is 9.10. The lowest BCUT2D eigenvalue weighted by molar-refractivity contribution is 0.877. The molecule has 0 fully saturated rings. The van der Waals surface area contributed by atoms with Crippen molar-refractivity contribution in [2.24, 2.45) is 0 Å². The maximum atomic E-state index is 8.97. The highest BCUT2D eigenvalue weighted by Crippen LogP contribution is 2.20. The van der Waals surface area contributed by atoms with Crippen molar-refractivity contribution in [3.8, 4) is 11.8 Å². The molecule has 0 aliphatic rings. The molecule has 1 heterocycles. The van der Waals surface area contributed by atoms with E-state index in [0.717, 1.165) is 4.47 Å². The average molecular weight is 283 g/mol. The van der Waals surface area contributed by atoms with E-state index in [1.165, 1.54) is 6.20 Å². The fourth-order valence-electron chi connectivity index (χ4n) is 1.23. The van der Waals surface area contributed by atoms with Crippen LogP contribution in [0.1, 0.15) is 5.56 Å². The van der Waals surface area contributed by atoms with Crippen LogP contribution in [0.3, 0.4) is 0 Å². The Balaban J connectivity index is 2.58. The second kappa shape index (κ2) is 4.05. The van der Waals surface area contributed by atoms with E-state index in [-0.39, 0.29) is 0 Å². The van der Waals surface area contributed by atoms with Crippen LogP contribution in [0.25, 0.3) is 5.69 Å². The summed E-state index contributed by atoms with van der Waals surface area (Å²) < 4.78 is 2.44. The third kappa shape index (κ3) is 2.04. The molecular formula is C10H5BrClN3. The minimum absolute atomic E-state index is 0.543. The van der Waals surface area contributed by atoms with Crippen molar-refractivity contribution >= 4 is 27.5 Å². The predicted molar refractivity (Wildman–Crippen MR) is 61.0 cm³/mol. The third-order valence-corrected chi connectivity index (χ3v) is 2.57. The summed E-state index contributed by atoms with van der Waals surface area (Å²) in [6.45, 7) is 0. The van der Waals surface area contributed by atoms with Crippen molar-refractivity contribution in [3.63, 3.8) is 0 Å². The van der Waals surface area contributed by atoms with Crippen LogP contribution in [0, 0.1) is 11.3 Å². The van der Waals surface area contributed by atoms with Crippen LogP contribution in [-0.4, -0.2) is 9.78 Å². The minimum Gasteiger partial charge on any atom is -0.238 e. The van der Waals surface area contributed by atoms with Crippen LogP contribution >= 0.6 is 27.5 Å². The Morgan fingerprint density at radius 3 is 2.87 bits per heavy atom. The summed E-state index contributed by atoms with van der Waals surface area (Å²) in [6.07, 6.45) is 3.19. The van der Waals surface area contributed by atoms with E-state index in [0.29, 0.717) is 16.3 Å². The summed E-state index contributed by atoms with van der Waals surface area (Å²) in [5.41, 5.74) is 1.26. The molecule has 0 spiro atoms. The van der Waals surface area contributed by atoms with Gasteiger partial charge in [0.2, 0.25) is 0 Å². The Labute approximate surface area is 100 Å². The van der Waals surface area contributed by atoms with Gasteiger partial charge in [-0.3, -0.25) is 0 Å². The van der Waals surface area contributed by atoms with E-state index in [1.807, 2.05) is 12.1 Å². The van der Waals surface area contributed by atoms with Crippen molar-refractivity contribution in [2.45, 2.75) is 0 Å². The number of hydrogen-bond donors (Lipinski definition) is 0. The van der Waals surface area contributed by atoms with Crippen LogP contribution in [0.2, 0.25) is 5.02 Å². The van der Waals surface area contributed by atoms with Crippen molar-refractivity contribution in [1.29, 1.82) is 5.26 Å². The van der Waals surface area contributed by atoms with Crippen LogP contribution < -0.4 is 0 Å². The second-order valence-electron chi connectivity index (χ2n) is 2.88. The molecule has 0 unspecified atom stereocenters. The molecule has 3 nitrogen and oxygen atoms in total. The molecule has 0 N–H and O–H groups in total. The topological polar surface area (TPSA) is 41.6 Å². The monoisotopic (exact) mass is 281 g/mol. The van der Waals surface area contributed by atoms with E-state index in [9.17, 15) is 0 Å². The summed E-state index contributed by atoms with van der Waals surface area (Å²) in [7, 11) is 0. The predicted octanol–water partition coefficient (Wildman–Crippen LogP) is 3.16. The summed E-state index contributed by atoms with van der Waals surface area (Å²) in [6, 6.07) is 7.52. The lowest BCUT2D eigenvalue weighted by atomic mass is 10.2. The fourth-order valence-corrected chi connectivity index (χ4v) is 1.73. The molecule has 0 aliphatic heterocycles. The molecule has 1 aromatic carbocycles. The van der Waals surface area contributed by atoms with E-state index in [2.05, 4.69) is 27.1 Å². The molecule has 0 bridgehead atoms. The zero-order chi connectivity index (χ0) is 10.8. The molecule has 5 heteroatoms. The van der Waals surface area contributed by atoms with Crippen molar-refractivity contribution in [3.05, 3.63) is 45.7 Å². The van der Waals surface area contributed by atoms with Gasteiger partial charge in [-0.2, -0.15) is 10.4 Å². The largest absolute Gasteiger partial charge is 0.238 e. The van der Waals surface area contributed by atoms with Crippen LogP contribution in [-0.2, 0) is 0 Å². The van der Waals surface area contributed by atoms with Gasteiger partial charge < -0.3 is 0 Å². The Kier molecular flexibility index (Phi) is 2.76. The zero-order valence-corrected chi connectivity index (χ0v) is 9.83. The van der Waals surface area contributed by atoms with Gasteiger partial charge in [-0.1, -0.05) is 27.5 Å². The van der Waals surface area contributed by atoms with Crippen molar-refractivity contribution < 1.29 is 0 Å². The minimum atomic E-state index is 0.543. The molecule has 0 aliphatic carbocycles. The number of nitriles is 1. The molecule has 15 heavy (non-hydrogen) atoms. The fraction of sp³-hybridized carbons (Fsp3) is 0. The molecule has 0 atom stereocenters. The van der Waals surface area contributed by atoms with Crippen molar-refractivity contribution in [2.75, 3.05) is 0 Å². The van der Waals surface area contributed by atoms with E-state index in [1.54, 1.807) is 16.9 Å². The van der Waals surface area contributed by atoms with Gasteiger partial charge in [-0.25, -0.2) is 4.68 Å². The van der Waals surface area contributed by atoms with Gasteiger partial charge in [0, 0.05) is 10.7 Å². The van der Waals surface area contributed by atoms with E-state index in [4.69, 9.17) is 16.9 Å². The summed E-state index contributed by atoms with van der Waals surface area (Å²) in [5, 5.41) is 13.6. The highest BCUT2D eigenvalue weighted by atomic mass is 79.9. The number of benzene rings is 1. The zero-order valence-electron chi connectivity index (χ0n) is 7.48.